The highest BCUT2D eigenvalue weighted by molar-refractivity contribution is 5.86. The molecule has 0 aromatic rings. The summed E-state index contributed by atoms with van der Waals surface area (Å²) < 4.78 is 0. The Bertz CT molecular complexity index is 369. The molecule has 0 saturated carbocycles. The molecule has 2 amide bonds. The second-order valence-electron chi connectivity index (χ2n) is 4.87. The van der Waals surface area contributed by atoms with Gasteiger partial charge in [-0.2, -0.15) is 0 Å². The van der Waals surface area contributed by atoms with Crippen molar-refractivity contribution < 1.29 is 24.6 Å². The first-order valence-corrected chi connectivity index (χ1v) is 6.29. The number of nitrogens with zero attached hydrogens (tertiary/aromatic N) is 1. The van der Waals surface area contributed by atoms with Crippen LogP contribution in [-0.4, -0.2) is 58.1 Å². The molecule has 3 unspecified atom stereocenters. The summed E-state index contributed by atoms with van der Waals surface area (Å²) >= 11 is 0. The highest BCUT2D eigenvalue weighted by Gasteiger charge is 2.31. The zero-order valence-corrected chi connectivity index (χ0v) is 11.1. The predicted molar refractivity (Wildman–Crippen MR) is 66.2 cm³/mol. The molecule has 1 fully saturated rings. The fourth-order valence-corrected chi connectivity index (χ4v) is 2.14. The van der Waals surface area contributed by atoms with Crippen molar-refractivity contribution in [3.05, 3.63) is 0 Å². The SMILES string of the molecule is CC(=O)N1CCCC(C(=O)NC(C(=O)O)C(C)O)C1. The van der Waals surface area contributed by atoms with E-state index in [1.807, 2.05) is 0 Å². The lowest BCUT2D eigenvalue weighted by molar-refractivity contribution is -0.146. The van der Waals surface area contributed by atoms with Crippen LogP contribution in [0.15, 0.2) is 0 Å². The van der Waals surface area contributed by atoms with Gasteiger partial charge in [-0.15, -0.1) is 0 Å². The van der Waals surface area contributed by atoms with Crippen LogP contribution >= 0.6 is 0 Å². The molecule has 1 heterocycles. The van der Waals surface area contributed by atoms with Crippen molar-refractivity contribution in [1.29, 1.82) is 0 Å². The Balaban J connectivity index is 2.62. The van der Waals surface area contributed by atoms with Gasteiger partial charge in [0.25, 0.3) is 0 Å². The third-order valence-corrected chi connectivity index (χ3v) is 3.28. The molecular weight excluding hydrogens is 252 g/mol. The minimum absolute atomic E-state index is 0.0946. The smallest absolute Gasteiger partial charge is 0.328 e. The van der Waals surface area contributed by atoms with Crippen LogP contribution in [0.4, 0.5) is 0 Å². The Kier molecular flexibility index (Phi) is 5.29. The van der Waals surface area contributed by atoms with E-state index in [9.17, 15) is 19.5 Å². The van der Waals surface area contributed by atoms with E-state index in [-0.39, 0.29) is 5.91 Å². The number of hydrogen-bond acceptors (Lipinski definition) is 4. The highest BCUT2D eigenvalue weighted by Crippen LogP contribution is 2.17. The number of carboxylic acids is 1. The van der Waals surface area contributed by atoms with Crippen LogP contribution in [0.25, 0.3) is 0 Å². The second-order valence-corrected chi connectivity index (χ2v) is 4.87. The summed E-state index contributed by atoms with van der Waals surface area (Å²) in [5.74, 6) is -2.22. The van der Waals surface area contributed by atoms with Crippen LogP contribution in [-0.2, 0) is 14.4 Å². The summed E-state index contributed by atoms with van der Waals surface area (Å²) in [5, 5.41) is 20.5. The van der Waals surface area contributed by atoms with Gasteiger partial charge in [0.05, 0.1) is 12.0 Å². The van der Waals surface area contributed by atoms with Gasteiger partial charge in [0.2, 0.25) is 11.8 Å². The van der Waals surface area contributed by atoms with E-state index in [1.165, 1.54) is 13.8 Å². The van der Waals surface area contributed by atoms with E-state index in [4.69, 9.17) is 5.11 Å². The molecule has 1 aliphatic heterocycles. The van der Waals surface area contributed by atoms with Crippen molar-refractivity contribution in [1.82, 2.24) is 10.2 Å². The van der Waals surface area contributed by atoms with Crippen LogP contribution in [0.1, 0.15) is 26.7 Å². The van der Waals surface area contributed by atoms with Gasteiger partial charge < -0.3 is 20.4 Å². The number of carbonyl (C=O) groups excluding carboxylic acids is 2. The average Bonchev–Trinajstić information content (AvgIpc) is 2.34. The molecule has 3 atom stereocenters. The molecule has 1 rings (SSSR count). The lowest BCUT2D eigenvalue weighted by atomic mass is 9.96. The highest BCUT2D eigenvalue weighted by atomic mass is 16.4. The van der Waals surface area contributed by atoms with Crippen LogP contribution in [0.3, 0.4) is 0 Å². The number of piperidine rings is 1. The number of aliphatic hydroxyl groups is 1. The molecular formula is C12H20N2O5. The van der Waals surface area contributed by atoms with Crippen LogP contribution in [0.2, 0.25) is 0 Å². The second kappa shape index (κ2) is 6.51. The summed E-state index contributed by atoms with van der Waals surface area (Å²) in [4.78, 5) is 35.7. The molecule has 0 spiro atoms. The van der Waals surface area contributed by atoms with E-state index in [1.54, 1.807) is 4.90 Å². The Morgan fingerprint density at radius 1 is 1.37 bits per heavy atom. The van der Waals surface area contributed by atoms with Gasteiger partial charge in [0, 0.05) is 20.0 Å². The fourth-order valence-electron chi connectivity index (χ4n) is 2.14. The Morgan fingerprint density at radius 3 is 2.47 bits per heavy atom. The third-order valence-electron chi connectivity index (χ3n) is 3.28. The topological polar surface area (TPSA) is 107 Å². The minimum atomic E-state index is -1.32. The number of hydrogen-bond donors (Lipinski definition) is 3. The number of aliphatic hydroxyl groups excluding tert-OH is 1. The first-order valence-electron chi connectivity index (χ1n) is 6.29. The van der Waals surface area contributed by atoms with E-state index in [2.05, 4.69) is 5.32 Å². The molecule has 7 heteroatoms. The Labute approximate surface area is 111 Å². The van der Waals surface area contributed by atoms with Gasteiger partial charge in [0.1, 0.15) is 0 Å². The van der Waals surface area contributed by atoms with Crippen molar-refractivity contribution in [3.63, 3.8) is 0 Å². The summed E-state index contributed by atoms with van der Waals surface area (Å²) in [6.07, 6.45) is 0.153. The fraction of sp³-hybridized carbons (Fsp3) is 0.750. The van der Waals surface area contributed by atoms with Gasteiger partial charge in [-0.3, -0.25) is 9.59 Å². The number of rotatable bonds is 4. The molecule has 7 nitrogen and oxygen atoms in total. The van der Waals surface area contributed by atoms with E-state index < -0.39 is 29.9 Å². The molecule has 0 aromatic carbocycles. The number of likely N-dealkylation sites (tertiary alicyclic amines) is 1. The summed E-state index contributed by atoms with van der Waals surface area (Å²) in [7, 11) is 0. The monoisotopic (exact) mass is 272 g/mol. The normalized spacial score (nSPS) is 22.5. The van der Waals surface area contributed by atoms with Crippen LogP contribution in [0, 0.1) is 5.92 Å². The maximum Gasteiger partial charge on any atom is 0.328 e. The molecule has 0 bridgehead atoms. The molecule has 0 radical (unpaired) electrons. The maximum absolute atomic E-state index is 12.0. The molecule has 19 heavy (non-hydrogen) atoms. The molecule has 1 aliphatic rings. The first kappa shape index (κ1) is 15.4. The summed E-state index contributed by atoms with van der Waals surface area (Å²) in [6, 6.07) is -1.32. The van der Waals surface area contributed by atoms with E-state index in [0.29, 0.717) is 25.9 Å². The third kappa shape index (κ3) is 4.20. The van der Waals surface area contributed by atoms with E-state index >= 15 is 0 Å². The summed E-state index contributed by atoms with van der Waals surface area (Å²) in [5.41, 5.74) is 0. The van der Waals surface area contributed by atoms with Crippen LogP contribution in [0.5, 0.6) is 0 Å². The zero-order valence-electron chi connectivity index (χ0n) is 11.1. The quantitative estimate of drug-likeness (QED) is 0.621. The number of carboxylic acid groups (broad SMARTS) is 1. The largest absolute Gasteiger partial charge is 0.480 e. The van der Waals surface area contributed by atoms with Gasteiger partial charge in [-0.1, -0.05) is 0 Å². The Hall–Kier alpha value is -1.63. The Morgan fingerprint density at radius 2 is 2.00 bits per heavy atom. The standard InChI is InChI=1S/C12H20N2O5/c1-7(15)10(12(18)19)13-11(17)9-4-3-5-14(6-9)8(2)16/h7,9-10,15H,3-6H2,1-2H3,(H,13,17)(H,18,19). The lowest BCUT2D eigenvalue weighted by Crippen LogP contribution is -2.52. The van der Waals surface area contributed by atoms with Crippen molar-refractivity contribution in [2.24, 2.45) is 5.92 Å². The first-order chi connectivity index (χ1) is 8.82. The molecule has 0 aliphatic carbocycles. The minimum Gasteiger partial charge on any atom is -0.480 e. The van der Waals surface area contributed by atoms with E-state index in [0.717, 1.165) is 0 Å². The molecule has 0 aromatic heterocycles. The lowest BCUT2D eigenvalue weighted by Gasteiger charge is -2.32. The van der Waals surface area contributed by atoms with Gasteiger partial charge in [0.15, 0.2) is 6.04 Å². The van der Waals surface area contributed by atoms with Gasteiger partial charge in [-0.05, 0) is 19.8 Å². The predicted octanol–water partition coefficient (Wildman–Crippen LogP) is -0.805. The van der Waals surface area contributed by atoms with Gasteiger partial charge >= 0.3 is 5.97 Å². The summed E-state index contributed by atoms with van der Waals surface area (Å²) in [6.45, 7) is 3.67. The van der Waals surface area contributed by atoms with Crippen LogP contribution < -0.4 is 5.32 Å². The number of carbonyl (C=O) groups is 3. The number of amides is 2. The number of nitrogens with one attached hydrogen (secondary N) is 1. The number of aliphatic carboxylic acids is 1. The molecule has 3 N–H and O–H groups in total. The van der Waals surface area contributed by atoms with Gasteiger partial charge in [-0.25, -0.2) is 4.79 Å². The van der Waals surface area contributed by atoms with Crippen molar-refractivity contribution in [2.45, 2.75) is 38.8 Å². The zero-order chi connectivity index (χ0) is 14.6. The van der Waals surface area contributed by atoms with Crippen molar-refractivity contribution in [3.8, 4) is 0 Å². The van der Waals surface area contributed by atoms with Crippen molar-refractivity contribution in [2.75, 3.05) is 13.1 Å². The maximum atomic E-state index is 12.0. The molecule has 108 valence electrons. The average molecular weight is 272 g/mol. The molecule has 1 saturated heterocycles. The van der Waals surface area contributed by atoms with Crippen molar-refractivity contribution >= 4 is 17.8 Å².